The fraction of sp³-hybridized carbons (Fsp3) is 1.00. The molecular weight excluding hydrogens is 226 g/mol. The molecule has 0 aliphatic carbocycles. The van der Waals surface area contributed by atoms with Gasteiger partial charge in [0.25, 0.3) is 0 Å². The van der Waals surface area contributed by atoms with Crippen LogP contribution in [0.3, 0.4) is 0 Å². The molecule has 0 saturated carbocycles. The first-order chi connectivity index (χ1) is 8.64. The molecule has 0 amide bonds. The van der Waals surface area contributed by atoms with Gasteiger partial charge in [-0.05, 0) is 26.7 Å². The SMILES string of the molecule is CCC(C)N1CCN(C2(CN)CCOC2C)CC1. The summed E-state index contributed by atoms with van der Waals surface area (Å²) in [5.74, 6) is 0. The highest BCUT2D eigenvalue weighted by Gasteiger charge is 2.46. The largest absolute Gasteiger partial charge is 0.376 e. The summed E-state index contributed by atoms with van der Waals surface area (Å²) < 4.78 is 5.77. The molecule has 0 aromatic carbocycles. The van der Waals surface area contributed by atoms with Crippen molar-refractivity contribution in [2.24, 2.45) is 5.73 Å². The van der Waals surface area contributed by atoms with Crippen LogP contribution in [0.1, 0.15) is 33.6 Å². The number of piperazine rings is 1. The molecule has 2 aliphatic rings. The van der Waals surface area contributed by atoms with Crippen LogP contribution in [0.4, 0.5) is 0 Å². The first kappa shape index (κ1) is 14.3. The van der Waals surface area contributed by atoms with E-state index in [1.807, 2.05) is 0 Å². The molecule has 2 aliphatic heterocycles. The molecule has 3 unspecified atom stereocenters. The van der Waals surface area contributed by atoms with Crippen molar-refractivity contribution in [1.29, 1.82) is 0 Å². The zero-order valence-corrected chi connectivity index (χ0v) is 12.2. The molecule has 4 nitrogen and oxygen atoms in total. The Morgan fingerprint density at radius 1 is 1.33 bits per heavy atom. The number of ether oxygens (including phenoxy) is 1. The third kappa shape index (κ3) is 2.44. The molecule has 4 heteroatoms. The molecule has 106 valence electrons. The van der Waals surface area contributed by atoms with E-state index in [2.05, 4.69) is 30.6 Å². The molecular formula is C14H29N3O. The molecule has 0 aromatic heterocycles. The van der Waals surface area contributed by atoms with Crippen molar-refractivity contribution in [2.45, 2.75) is 51.3 Å². The van der Waals surface area contributed by atoms with E-state index in [0.717, 1.165) is 32.7 Å². The summed E-state index contributed by atoms with van der Waals surface area (Å²) in [6.45, 7) is 13.0. The molecule has 0 bridgehead atoms. The molecule has 2 saturated heterocycles. The third-order valence-corrected chi connectivity index (χ3v) is 5.17. The minimum atomic E-state index is 0.0988. The Hall–Kier alpha value is -0.160. The lowest BCUT2D eigenvalue weighted by atomic mass is 9.89. The highest BCUT2D eigenvalue weighted by Crippen LogP contribution is 2.32. The van der Waals surface area contributed by atoms with E-state index in [1.54, 1.807) is 0 Å². The Kier molecular flexibility index (Phi) is 4.64. The average Bonchev–Trinajstić information content (AvgIpc) is 2.80. The standard InChI is InChI=1S/C14H29N3O/c1-4-12(2)16-6-8-17(9-7-16)14(11-15)5-10-18-13(14)3/h12-13H,4-11,15H2,1-3H3. The second-order valence-corrected chi connectivity index (χ2v) is 5.85. The van der Waals surface area contributed by atoms with Gasteiger partial charge in [-0.25, -0.2) is 0 Å². The van der Waals surface area contributed by atoms with Gasteiger partial charge < -0.3 is 10.5 Å². The number of rotatable bonds is 4. The molecule has 2 N–H and O–H groups in total. The lowest BCUT2D eigenvalue weighted by Crippen LogP contribution is -2.63. The van der Waals surface area contributed by atoms with Gasteiger partial charge in [0.1, 0.15) is 0 Å². The summed E-state index contributed by atoms with van der Waals surface area (Å²) in [7, 11) is 0. The zero-order chi connectivity index (χ0) is 13.2. The van der Waals surface area contributed by atoms with Crippen LogP contribution in [0.15, 0.2) is 0 Å². The van der Waals surface area contributed by atoms with Gasteiger partial charge in [-0.15, -0.1) is 0 Å². The molecule has 0 aromatic rings. The number of hydrogen-bond acceptors (Lipinski definition) is 4. The maximum atomic E-state index is 6.08. The van der Waals surface area contributed by atoms with Gasteiger partial charge in [0.15, 0.2) is 0 Å². The van der Waals surface area contributed by atoms with Crippen LogP contribution in [-0.2, 0) is 4.74 Å². The van der Waals surface area contributed by atoms with E-state index in [9.17, 15) is 0 Å². The second-order valence-electron chi connectivity index (χ2n) is 5.85. The van der Waals surface area contributed by atoms with Gasteiger partial charge >= 0.3 is 0 Å². The minimum absolute atomic E-state index is 0.0988. The van der Waals surface area contributed by atoms with Crippen LogP contribution in [-0.4, -0.2) is 66.8 Å². The predicted octanol–water partition coefficient (Wildman–Crippen LogP) is 0.909. The first-order valence-corrected chi connectivity index (χ1v) is 7.45. The van der Waals surface area contributed by atoms with Crippen LogP contribution in [0, 0.1) is 0 Å². The van der Waals surface area contributed by atoms with Crippen LogP contribution in [0.5, 0.6) is 0 Å². The van der Waals surface area contributed by atoms with E-state index in [-0.39, 0.29) is 11.6 Å². The van der Waals surface area contributed by atoms with E-state index in [4.69, 9.17) is 10.5 Å². The van der Waals surface area contributed by atoms with Crippen LogP contribution < -0.4 is 5.73 Å². The van der Waals surface area contributed by atoms with Crippen molar-refractivity contribution in [2.75, 3.05) is 39.3 Å². The number of nitrogens with zero attached hydrogens (tertiary/aromatic N) is 2. The lowest BCUT2D eigenvalue weighted by Gasteiger charge is -2.47. The molecule has 2 fully saturated rings. The Morgan fingerprint density at radius 2 is 2.00 bits per heavy atom. The molecule has 0 spiro atoms. The monoisotopic (exact) mass is 255 g/mol. The van der Waals surface area contributed by atoms with Gasteiger partial charge in [-0.2, -0.15) is 0 Å². The molecule has 18 heavy (non-hydrogen) atoms. The van der Waals surface area contributed by atoms with Gasteiger partial charge in [-0.3, -0.25) is 9.80 Å². The zero-order valence-electron chi connectivity index (χ0n) is 12.2. The molecule has 3 atom stereocenters. The Bertz CT molecular complexity index is 266. The quantitative estimate of drug-likeness (QED) is 0.811. The summed E-state index contributed by atoms with van der Waals surface area (Å²) in [5, 5.41) is 0. The fourth-order valence-corrected chi connectivity index (χ4v) is 3.45. The molecule has 2 heterocycles. The van der Waals surface area contributed by atoms with Crippen molar-refractivity contribution < 1.29 is 4.74 Å². The highest BCUT2D eigenvalue weighted by molar-refractivity contribution is 5.01. The third-order valence-electron chi connectivity index (χ3n) is 5.17. The predicted molar refractivity (Wildman–Crippen MR) is 74.7 cm³/mol. The van der Waals surface area contributed by atoms with Gasteiger partial charge in [0, 0.05) is 45.4 Å². The Morgan fingerprint density at radius 3 is 2.44 bits per heavy atom. The van der Waals surface area contributed by atoms with Crippen molar-refractivity contribution >= 4 is 0 Å². The van der Waals surface area contributed by atoms with Crippen LogP contribution in [0.2, 0.25) is 0 Å². The average molecular weight is 255 g/mol. The normalized spacial score (nSPS) is 37.0. The number of hydrogen-bond donors (Lipinski definition) is 1. The Labute approximate surface area is 111 Å². The van der Waals surface area contributed by atoms with Crippen LogP contribution in [0.25, 0.3) is 0 Å². The molecule has 2 rings (SSSR count). The highest BCUT2D eigenvalue weighted by atomic mass is 16.5. The van der Waals surface area contributed by atoms with Crippen molar-refractivity contribution in [3.63, 3.8) is 0 Å². The van der Waals surface area contributed by atoms with E-state index < -0.39 is 0 Å². The van der Waals surface area contributed by atoms with Gasteiger partial charge in [0.2, 0.25) is 0 Å². The summed E-state index contributed by atoms with van der Waals surface area (Å²) in [6, 6.07) is 0.707. The van der Waals surface area contributed by atoms with E-state index >= 15 is 0 Å². The summed E-state index contributed by atoms with van der Waals surface area (Å²) in [5.41, 5.74) is 6.17. The number of nitrogens with two attached hydrogens (primary N) is 1. The Balaban J connectivity index is 1.96. The van der Waals surface area contributed by atoms with Crippen molar-refractivity contribution in [1.82, 2.24) is 9.80 Å². The van der Waals surface area contributed by atoms with E-state index in [1.165, 1.54) is 19.5 Å². The summed E-state index contributed by atoms with van der Waals surface area (Å²) >= 11 is 0. The van der Waals surface area contributed by atoms with Gasteiger partial charge in [0.05, 0.1) is 11.6 Å². The maximum absolute atomic E-state index is 6.08. The van der Waals surface area contributed by atoms with Gasteiger partial charge in [-0.1, -0.05) is 6.92 Å². The summed E-state index contributed by atoms with van der Waals surface area (Å²) in [4.78, 5) is 5.19. The first-order valence-electron chi connectivity index (χ1n) is 7.45. The topological polar surface area (TPSA) is 41.7 Å². The summed E-state index contributed by atoms with van der Waals surface area (Å²) in [6.07, 6.45) is 2.60. The minimum Gasteiger partial charge on any atom is -0.376 e. The maximum Gasteiger partial charge on any atom is 0.0743 e. The lowest BCUT2D eigenvalue weighted by molar-refractivity contribution is -0.0181. The smallest absolute Gasteiger partial charge is 0.0743 e. The fourth-order valence-electron chi connectivity index (χ4n) is 3.45. The van der Waals surface area contributed by atoms with E-state index in [0.29, 0.717) is 6.04 Å². The second kappa shape index (κ2) is 5.87. The van der Waals surface area contributed by atoms with Crippen LogP contribution >= 0.6 is 0 Å². The van der Waals surface area contributed by atoms with Crippen molar-refractivity contribution in [3.05, 3.63) is 0 Å². The molecule has 0 radical (unpaired) electrons. The van der Waals surface area contributed by atoms with Crippen molar-refractivity contribution in [3.8, 4) is 0 Å².